The average Bonchev–Trinajstić information content (AvgIpc) is 2.82. The summed E-state index contributed by atoms with van der Waals surface area (Å²) in [5.74, 6) is -1.75. The number of carbonyl (C=O) groups excluding carboxylic acids is 3. The van der Waals surface area contributed by atoms with Gasteiger partial charge in [-0.05, 0) is 48.4 Å². The van der Waals surface area contributed by atoms with E-state index in [0.29, 0.717) is 24.3 Å². The lowest BCUT2D eigenvalue weighted by Crippen LogP contribution is -2.47. The second-order valence-electron chi connectivity index (χ2n) is 7.87. The van der Waals surface area contributed by atoms with Crippen molar-refractivity contribution in [2.24, 2.45) is 5.92 Å². The third-order valence-corrected chi connectivity index (χ3v) is 7.29. The second-order valence-corrected chi connectivity index (χ2v) is 9.81. The highest BCUT2D eigenvalue weighted by atomic mass is 32.2. The molecule has 184 valence electrons. The first-order chi connectivity index (χ1) is 16.0. The van der Waals surface area contributed by atoms with Gasteiger partial charge in [0.2, 0.25) is 15.9 Å². The molecule has 1 unspecified atom stereocenters. The van der Waals surface area contributed by atoms with Crippen LogP contribution in [0.2, 0.25) is 0 Å². The van der Waals surface area contributed by atoms with Gasteiger partial charge in [0, 0.05) is 24.3 Å². The standard InChI is InChI=1S/C24H31N3O6S/c1-6-27(7-2)34(31,32)20-10-8-9-18(15-20)22(28)26-21(16(3)4)23(29)25-19-13-11-17(12-14-19)24(30)33-5/h8-16,21H,6-7H2,1-5H3,(H,25,29)(H,26,28). The number of methoxy groups -OCH3 is 1. The van der Waals surface area contributed by atoms with Crippen LogP contribution in [0.3, 0.4) is 0 Å². The van der Waals surface area contributed by atoms with Gasteiger partial charge in [-0.2, -0.15) is 4.31 Å². The lowest BCUT2D eigenvalue weighted by molar-refractivity contribution is -0.118. The first-order valence-corrected chi connectivity index (χ1v) is 12.4. The van der Waals surface area contributed by atoms with Gasteiger partial charge in [0.15, 0.2) is 0 Å². The molecule has 0 aliphatic rings. The number of hydrogen-bond donors (Lipinski definition) is 2. The van der Waals surface area contributed by atoms with Crippen molar-refractivity contribution >= 4 is 33.5 Å². The Bertz CT molecular complexity index is 1130. The molecule has 9 nitrogen and oxygen atoms in total. The zero-order valence-corrected chi connectivity index (χ0v) is 20.8. The summed E-state index contributed by atoms with van der Waals surface area (Å²) in [6, 6.07) is 11.0. The Morgan fingerprint density at radius 3 is 2.12 bits per heavy atom. The summed E-state index contributed by atoms with van der Waals surface area (Å²) in [6.45, 7) is 7.67. The Balaban J connectivity index is 2.19. The van der Waals surface area contributed by atoms with Crippen LogP contribution in [-0.4, -0.2) is 56.7 Å². The number of anilines is 1. The summed E-state index contributed by atoms with van der Waals surface area (Å²) in [4.78, 5) is 37.3. The summed E-state index contributed by atoms with van der Waals surface area (Å²) in [5, 5.41) is 5.42. The summed E-state index contributed by atoms with van der Waals surface area (Å²) in [5.41, 5.74) is 0.924. The van der Waals surface area contributed by atoms with E-state index < -0.39 is 33.8 Å². The molecule has 2 rings (SSSR count). The zero-order valence-electron chi connectivity index (χ0n) is 20.0. The molecule has 2 aromatic rings. The molecule has 2 N–H and O–H groups in total. The Morgan fingerprint density at radius 2 is 1.59 bits per heavy atom. The molecule has 34 heavy (non-hydrogen) atoms. The highest BCUT2D eigenvalue weighted by Crippen LogP contribution is 2.18. The summed E-state index contributed by atoms with van der Waals surface area (Å²) in [7, 11) is -2.45. The van der Waals surface area contributed by atoms with Gasteiger partial charge >= 0.3 is 5.97 Å². The summed E-state index contributed by atoms with van der Waals surface area (Å²) < 4.78 is 31.6. The molecule has 0 aromatic heterocycles. The number of sulfonamides is 1. The van der Waals surface area contributed by atoms with Crippen LogP contribution in [0.1, 0.15) is 48.4 Å². The SMILES string of the molecule is CCN(CC)S(=O)(=O)c1cccc(C(=O)NC(C(=O)Nc2ccc(C(=O)OC)cc2)C(C)C)c1. The largest absolute Gasteiger partial charge is 0.465 e. The van der Waals surface area contributed by atoms with Gasteiger partial charge in [-0.25, -0.2) is 13.2 Å². The highest BCUT2D eigenvalue weighted by molar-refractivity contribution is 7.89. The molecule has 0 fully saturated rings. The fourth-order valence-electron chi connectivity index (χ4n) is 3.30. The number of hydrogen-bond acceptors (Lipinski definition) is 6. The maximum atomic E-state index is 12.9. The van der Waals surface area contributed by atoms with Gasteiger partial charge in [0.25, 0.3) is 5.91 Å². The molecule has 0 spiro atoms. The Morgan fingerprint density at radius 1 is 0.971 bits per heavy atom. The van der Waals surface area contributed by atoms with Crippen molar-refractivity contribution in [1.29, 1.82) is 0 Å². The second kappa shape index (κ2) is 11.8. The van der Waals surface area contributed by atoms with Crippen LogP contribution in [0, 0.1) is 5.92 Å². The van der Waals surface area contributed by atoms with Crippen LogP contribution in [-0.2, 0) is 19.6 Å². The van der Waals surface area contributed by atoms with Crippen molar-refractivity contribution in [3.8, 4) is 0 Å². The molecule has 0 radical (unpaired) electrons. The fraction of sp³-hybridized carbons (Fsp3) is 0.375. The van der Waals surface area contributed by atoms with Crippen molar-refractivity contribution in [3.05, 3.63) is 59.7 Å². The first kappa shape index (κ1) is 27.0. The van der Waals surface area contributed by atoms with Crippen LogP contribution in [0.5, 0.6) is 0 Å². The topological polar surface area (TPSA) is 122 Å². The number of rotatable bonds is 10. The molecule has 10 heteroatoms. The van der Waals surface area contributed by atoms with Gasteiger partial charge in [-0.15, -0.1) is 0 Å². The molecular weight excluding hydrogens is 458 g/mol. The number of ether oxygens (including phenoxy) is 1. The van der Waals surface area contributed by atoms with Crippen LogP contribution in [0.15, 0.2) is 53.4 Å². The van der Waals surface area contributed by atoms with E-state index in [1.807, 2.05) is 0 Å². The predicted molar refractivity (Wildman–Crippen MR) is 129 cm³/mol. The minimum Gasteiger partial charge on any atom is -0.465 e. The zero-order chi connectivity index (χ0) is 25.5. The monoisotopic (exact) mass is 489 g/mol. The van der Waals surface area contributed by atoms with Gasteiger partial charge < -0.3 is 15.4 Å². The van der Waals surface area contributed by atoms with E-state index in [1.165, 1.54) is 47.8 Å². The van der Waals surface area contributed by atoms with Crippen LogP contribution in [0.4, 0.5) is 5.69 Å². The molecule has 0 aliphatic heterocycles. The van der Waals surface area contributed by atoms with Crippen LogP contribution >= 0.6 is 0 Å². The van der Waals surface area contributed by atoms with Gasteiger partial charge in [-0.3, -0.25) is 9.59 Å². The number of nitrogens with one attached hydrogen (secondary N) is 2. The molecule has 1 atom stereocenters. The van der Waals surface area contributed by atoms with Gasteiger partial charge in [0.05, 0.1) is 17.6 Å². The van der Waals surface area contributed by atoms with Crippen molar-refractivity contribution in [2.45, 2.75) is 38.6 Å². The molecule has 2 amide bonds. The smallest absolute Gasteiger partial charge is 0.337 e. The summed E-state index contributed by atoms with van der Waals surface area (Å²) >= 11 is 0. The normalized spacial score (nSPS) is 12.3. The number of esters is 1. The van der Waals surface area contributed by atoms with Crippen LogP contribution < -0.4 is 10.6 Å². The van der Waals surface area contributed by atoms with Crippen molar-refractivity contribution in [2.75, 3.05) is 25.5 Å². The Kier molecular flexibility index (Phi) is 9.34. The van der Waals surface area contributed by atoms with Crippen LogP contribution in [0.25, 0.3) is 0 Å². The summed E-state index contributed by atoms with van der Waals surface area (Å²) in [6.07, 6.45) is 0. The Hall–Kier alpha value is -3.24. The lowest BCUT2D eigenvalue weighted by Gasteiger charge is -2.22. The number of carbonyl (C=O) groups is 3. The van der Waals surface area contributed by atoms with Crippen molar-refractivity contribution in [1.82, 2.24) is 9.62 Å². The third kappa shape index (κ3) is 6.42. The average molecular weight is 490 g/mol. The predicted octanol–water partition coefficient (Wildman–Crippen LogP) is 2.90. The minimum absolute atomic E-state index is 0.0140. The quantitative estimate of drug-likeness (QED) is 0.495. The van der Waals surface area contributed by atoms with E-state index in [4.69, 9.17) is 0 Å². The van der Waals surface area contributed by atoms with E-state index in [1.54, 1.807) is 39.8 Å². The molecular formula is C24H31N3O6S. The van der Waals surface area contributed by atoms with Crippen molar-refractivity contribution in [3.63, 3.8) is 0 Å². The first-order valence-electron chi connectivity index (χ1n) is 10.9. The molecule has 0 aliphatic carbocycles. The van der Waals surface area contributed by atoms with E-state index in [2.05, 4.69) is 15.4 Å². The number of amides is 2. The maximum Gasteiger partial charge on any atom is 0.337 e. The number of benzene rings is 2. The minimum atomic E-state index is -3.73. The van der Waals surface area contributed by atoms with Gasteiger partial charge in [0.1, 0.15) is 6.04 Å². The lowest BCUT2D eigenvalue weighted by atomic mass is 10.0. The third-order valence-electron chi connectivity index (χ3n) is 5.25. The fourth-order valence-corrected chi connectivity index (χ4v) is 4.80. The maximum absolute atomic E-state index is 12.9. The van der Waals surface area contributed by atoms with E-state index >= 15 is 0 Å². The molecule has 0 heterocycles. The van der Waals surface area contributed by atoms with Crippen molar-refractivity contribution < 1.29 is 27.5 Å². The molecule has 0 saturated heterocycles. The molecule has 0 bridgehead atoms. The van der Waals surface area contributed by atoms with E-state index in [-0.39, 0.29) is 16.4 Å². The molecule has 0 saturated carbocycles. The van der Waals surface area contributed by atoms with E-state index in [9.17, 15) is 22.8 Å². The highest BCUT2D eigenvalue weighted by Gasteiger charge is 2.27. The number of nitrogens with zero attached hydrogens (tertiary/aromatic N) is 1. The van der Waals surface area contributed by atoms with Gasteiger partial charge in [-0.1, -0.05) is 33.8 Å². The van der Waals surface area contributed by atoms with E-state index in [0.717, 1.165) is 0 Å². The Labute approximate surface area is 200 Å². The molecule has 2 aromatic carbocycles.